The fraction of sp³-hybridized carbons (Fsp3) is 0.357. The van der Waals surface area contributed by atoms with Gasteiger partial charge in [0.05, 0.1) is 11.1 Å². The Morgan fingerprint density at radius 3 is 2.89 bits per heavy atom. The molecule has 0 saturated heterocycles. The van der Waals surface area contributed by atoms with Gasteiger partial charge in [0, 0.05) is 16.7 Å². The molecule has 0 saturated carbocycles. The average molecular weight is 259 g/mol. The summed E-state index contributed by atoms with van der Waals surface area (Å²) in [6.07, 6.45) is 0. The summed E-state index contributed by atoms with van der Waals surface area (Å²) < 4.78 is 0. The van der Waals surface area contributed by atoms with Gasteiger partial charge in [0.2, 0.25) is 0 Å². The van der Waals surface area contributed by atoms with Crippen LogP contribution in [0.5, 0.6) is 0 Å². The zero-order chi connectivity index (χ0) is 13.0. The molecule has 1 unspecified atom stereocenters. The fourth-order valence-electron chi connectivity index (χ4n) is 1.86. The van der Waals surface area contributed by atoms with Gasteiger partial charge in [-0.1, -0.05) is 25.1 Å². The van der Waals surface area contributed by atoms with Crippen molar-refractivity contribution < 1.29 is 0 Å². The van der Waals surface area contributed by atoms with Gasteiger partial charge < -0.3 is 4.98 Å². The Labute approximate surface area is 112 Å². The van der Waals surface area contributed by atoms with E-state index in [-0.39, 0.29) is 0 Å². The van der Waals surface area contributed by atoms with Crippen LogP contribution in [0.25, 0.3) is 10.9 Å². The van der Waals surface area contributed by atoms with Crippen molar-refractivity contribution in [1.29, 1.82) is 5.26 Å². The average Bonchev–Trinajstić information content (AvgIpc) is 2.79. The first-order chi connectivity index (χ1) is 8.67. The number of benzene rings is 1. The van der Waals surface area contributed by atoms with E-state index in [9.17, 15) is 5.26 Å². The number of nitrogens with zero attached hydrogens (tertiary/aromatic N) is 1. The van der Waals surface area contributed by atoms with Crippen molar-refractivity contribution in [3.8, 4) is 6.07 Å². The second-order valence-corrected chi connectivity index (χ2v) is 5.50. The van der Waals surface area contributed by atoms with Crippen LogP contribution in [-0.4, -0.2) is 22.8 Å². The molecule has 1 heterocycles. The molecule has 1 aromatic heterocycles. The molecular weight excluding hydrogens is 242 g/mol. The zero-order valence-corrected chi connectivity index (χ0v) is 11.5. The van der Waals surface area contributed by atoms with Crippen LogP contribution in [-0.2, 0) is 0 Å². The summed E-state index contributed by atoms with van der Waals surface area (Å²) in [5.41, 5.74) is 0.665. The van der Waals surface area contributed by atoms with E-state index in [0.717, 1.165) is 22.8 Å². The summed E-state index contributed by atoms with van der Waals surface area (Å²) in [6, 6.07) is 12.7. The lowest BCUT2D eigenvalue weighted by Gasteiger charge is -2.21. The summed E-state index contributed by atoms with van der Waals surface area (Å²) in [7, 11) is 0. The molecule has 3 nitrogen and oxygen atoms in total. The molecule has 0 radical (unpaired) electrons. The molecule has 94 valence electrons. The molecule has 4 heteroatoms. The van der Waals surface area contributed by atoms with E-state index in [1.165, 1.54) is 5.39 Å². The Morgan fingerprint density at radius 1 is 1.44 bits per heavy atom. The van der Waals surface area contributed by atoms with Gasteiger partial charge in [-0.2, -0.15) is 5.26 Å². The molecule has 0 bridgehead atoms. The number of para-hydroxylation sites is 1. The van der Waals surface area contributed by atoms with Crippen LogP contribution in [0.15, 0.2) is 35.4 Å². The van der Waals surface area contributed by atoms with Crippen LogP contribution in [0.3, 0.4) is 0 Å². The number of thioether (sulfide) groups is 1. The smallest absolute Gasteiger partial charge is 0.113 e. The highest BCUT2D eigenvalue weighted by atomic mass is 32.2. The third kappa shape index (κ3) is 2.87. The first-order valence-corrected chi connectivity index (χ1v) is 7.02. The van der Waals surface area contributed by atoms with Crippen LogP contribution >= 0.6 is 11.8 Å². The van der Waals surface area contributed by atoms with E-state index in [1.54, 1.807) is 11.8 Å². The van der Waals surface area contributed by atoms with Gasteiger partial charge in [0.1, 0.15) is 5.54 Å². The first kappa shape index (κ1) is 13.0. The quantitative estimate of drug-likeness (QED) is 0.811. The third-order valence-electron chi connectivity index (χ3n) is 2.84. The molecule has 1 aromatic carbocycles. The van der Waals surface area contributed by atoms with Crippen LogP contribution in [0.2, 0.25) is 0 Å². The second kappa shape index (κ2) is 5.47. The summed E-state index contributed by atoms with van der Waals surface area (Å²) in [5.74, 6) is 0.726. The summed E-state index contributed by atoms with van der Waals surface area (Å²) in [4.78, 5) is 3.36. The predicted octanol–water partition coefficient (Wildman–Crippen LogP) is 3.15. The number of aromatic nitrogens is 1. The lowest BCUT2D eigenvalue weighted by atomic mass is 10.1. The summed E-state index contributed by atoms with van der Waals surface area (Å²) >= 11 is 1.68. The predicted molar refractivity (Wildman–Crippen MR) is 76.7 cm³/mol. The van der Waals surface area contributed by atoms with Crippen molar-refractivity contribution in [1.82, 2.24) is 10.3 Å². The van der Waals surface area contributed by atoms with E-state index >= 15 is 0 Å². The van der Waals surface area contributed by atoms with Gasteiger partial charge in [-0.05, 0) is 25.6 Å². The monoisotopic (exact) mass is 259 g/mol. The van der Waals surface area contributed by atoms with Crippen LogP contribution in [0, 0.1) is 11.3 Å². The topological polar surface area (TPSA) is 51.6 Å². The van der Waals surface area contributed by atoms with Gasteiger partial charge in [-0.15, -0.1) is 11.8 Å². The number of hydrogen-bond donors (Lipinski definition) is 2. The van der Waals surface area contributed by atoms with E-state index < -0.39 is 5.54 Å². The Balaban J connectivity index is 2.08. The van der Waals surface area contributed by atoms with Crippen molar-refractivity contribution in [3.63, 3.8) is 0 Å². The van der Waals surface area contributed by atoms with Gasteiger partial charge in [-0.3, -0.25) is 5.32 Å². The van der Waals surface area contributed by atoms with Crippen molar-refractivity contribution >= 4 is 22.7 Å². The SMILES string of the molecule is CCNC(C)(C#N)CSc1cc2ccccc2[nH]1. The molecule has 1 atom stereocenters. The highest BCUT2D eigenvalue weighted by Crippen LogP contribution is 2.25. The Hall–Kier alpha value is -1.44. The van der Waals surface area contributed by atoms with Crippen molar-refractivity contribution in [3.05, 3.63) is 30.3 Å². The minimum Gasteiger partial charge on any atom is -0.350 e. The Morgan fingerprint density at radius 2 is 2.22 bits per heavy atom. The van der Waals surface area contributed by atoms with Gasteiger partial charge >= 0.3 is 0 Å². The molecule has 2 N–H and O–H groups in total. The van der Waals surface area contributed by atoms with Gasteiger partial charge in [0.15, 0.2) is 0 Å². The largest absolute Gasteiger partial charge is 0.350 e. The number of hydrogen-bond acceptors (Lipinski definition) is 3. The van der Waals surface area contributed by atoms with E-state index in [2.05, 4.69) is 34.6 Å². The first-order valence-electron chi connectivity index (χ1n) is 6.04. The summed E-state index contributed by atoms with van der Waals surface area (Å²) in [6.45, 7) is 4.76. The Bertz CT molecular complexity index is 537. The molecule has 0 aliphatic heterocycles. The minimum absolute atomic E-state index is 0.475. The number of fused-ring (bicyclic) bond motifs is 1. The lowest BCUT2D eigenvalue weighted by molar-refractivity contribution is 0.511. The van der Waals surface area contributed by atoms with Crippen LogP contribution in [0.4, 0.5) is 0 Å². The van der Waals surface area contributed by atoms with Crippen molar-refractivity contribution in [2.75, 3.05) is 12.3 Å². The molecule has 2 aromatic rings. The number of H-pyrrole nitrogens is 1. The van der Waals surface area contributed by atoms with Crippen molar-refractivity contribution in [2.45, 2.75) is 24.4 Å². The van der Waals surface area contributed by atoms with Crippen LogP contribution in [0.1, 0.15) is 13.8 Å². The van der Waals surface area contributed by atoms with E-state index in [4.69, 9.17) is 0 Å². The molecule has 0 aliphatic rings. The van der Waals surface area contributed by atoms with Gasteiger partial charge in [0.25, 0.3) is 0 Å². The highest BCUT2D eigenvalue weighted by Gasteiger charge is 2.22. The maximum absolute atomic E-state index is 9.20. The standard InChI is InChI=1S/C14H17N3S/c1-3-16-14(2,9-15)10-18-13-8-11-6-4-5-7-12(11)17-13/h4-8,16-17H,3,10H2,1-2H3. The molecule has 18 heavy (non-hydrogen) atoms. The van der Waals surface area contributed by atoms with Gasteiger partial charge in [-0.25, -0.2) is 0 Å². The molecule has 0 aliphatic carbocycles. The van der Waals surface area contributed by atoms with Crippen LogP contribution < -0.4 is 5.32 Å². The maximum atomic E-state index is 9.20. The molecule has 0 amide bonds. The Kier molecular flexibility index (Phi) is 3.95. The maximum Gasteiger partial charge on any atom is 0.113 e. The number of nitriles is 1. The molecule has 2 rings (SSSR count). The number of nitrogens with one attached hydrogen (secondary N) is 2. The molecule has 0 fully saturated rings. The lowest BCUT2D eigenvalue weighted by Crippen LogP contribution is -2.43. The normalized spacial score (nSPS) is 14.3. The minimum atomic E-state index is -0.475. The second-order valence-electron chi connectivity index (χ2n) is 4.48. The number of aromatic amines is 1. The molecule has 0 spiro atoms. The fourth-order valence-corrected chi connectivity index (χ4v) is 2.86. The molecular formula is C14H17N3S. The summed E-state index contributed by atoms with van der Waals surface area (Å²) in [5, 5.41) is 14.7. The third-order valence-corrected chi connectivity index (χ3v) is 4.09. The zero-order valence-electron chi connectivity index (χ0n) is 10.7. The van der Waals surface area contributed by atoms with E-state index in [1.807, 2.05) is 26.0 Å². The highest BCUT2D eigenvalue weighted by molar-refractivity contribution is 7.99. The number of rotatable bonds is 5. The van der Waals surface area contributed by atoms with E-state index in [0.29, 0.717) is 0 Å². The van der Waals surface area contributed by atoms with Crippen molar-refractivity contribution in [2.24, 2.45) is 0 Å².